The van der Waals surface area contributed by atoms with Crippen molar-refractivity contribution in [2.24, 2.45) is 5.92 Å². The van der Waals surface area contributed by atoms with Crippen LogP contribution in [-0.4, -0.2) is 46.8 Å². The second-order valence-corrected chi connectivity index (χ2v) is 7.92. The average Bonchev–Trinajstić information content (AvgIpc) is 3.18. The van der Waals surface area contributed by atoms with Crippen molar-refractivity contribution < 1.29 is 18.7 Å². The zero-order valence-electron chi connectivity index (χ0n) is 15.4. The number of hydrogen-bond acceptors (Lipinski definition) is 4. The lowest BCUT2D eigenvalue weighted by molar-refractivity contribution is -0.128. The summed E-state index contributed by atoms with van der Waals surface area (Å²) in [6.07, 6.45) is 1.59. The molecule has 0 spiro atoms. The van der Waals surface area contributed by atoms with Crippen molar-refractivity contribution in [3.05, 3.63) is 24.0 Å². The SMILES string of the molecule is CC1(C)C[C@@H](NC(=O)[C@@H]2CC(=O)N(c3n[nH]c4cccc(F)c34)C2)CCO1. The van der Waals surface area contributed by atoms with E-state index in [0.29, 0.717) is 12.1 Å². The van der Waals surface area contributed by atoms with Crippen molar-refractivity contribution in [3.63, 3.8) is 0 Å². The molecule has 0 saturated carbocycles. The molecule has 3 heterocycles. The van der Waals surface area contributed by atoms with E-state index in [1.54, 1.807) is 12.1 Å². The highest BCUT2D eigenvalue weighted by Crippen LogP contribution is 2.32. The highest BCUT2D eigenvalue weighted by molar-refractivity contribution is 6.05. The fourth-order valence-corrected chi connectivity index (χ4v) is 3.97. The fraction of sp³-hybridized carbons (Fsp3) is 0.526. The maximum absolute atomic E-state index is 14.2. The Hall–Kier alpha value is -2.48. The summed E-state index contributed by atoms with van der Waals surface area (Å²) in [7, 11) is 0. The predicted molar refractivity (Wildman–Crippen MR) is 97.7 cm³/mol. The van der Waals surface area contributed by atoms with Gasteiger partial charge in [0, 0.05) is 25.6 Å². The molecule has 1 aromatic carbocycles. The zero-order valence-corrected chi connectivity index (χ0v) is 15.4. The van der Waals surface area contributed by atoms with Gasteiger partial charge >= 0.3 is 0 Å². The maximum Gasteiger partial charge on any atom is 0.229 e. The number of aromatic amines is 1. The van der Waals surface area contributed by atoms with Crippen LogP contribution in [0, 0.1) is 11.7 Å². The van der Waals surface area contributed by atoms with Crippen LogP contribution >= 0.6 is 0 Å². The third kappa shape index (κ3) is 3.41. The van der Waals surface area contributed by atoms with Crippen molar-refractivity contribution in [1.82, 2.24) is 15.5 Å². The normalized spacial score (nSPS) is 25.1. The lowest BCUT2D eigenvalue weighted by Crippen LogP contribution is -2.47. The van der Waals surface area contributed by atoms with Crippen LogP contribution < -0.4 is 10.2 Å². The van der Waals surface area contributed by atoms with E-state index in [1.165, 1.54) is 11.0 Å². The van der Waals surface area contributed by atoms with Gasteiger partial charge < -0.3 is 10.1 Å². The molecule has 2 amide bonds. The number of rotatable bonds is 3. The molecule has 8 heteroatoms. The van der Waals surface area contributed by atoms with Crippen LogP contribution in [0.15, 0.2) is 18.2 Å². The second-order valence-electron chi connectivity index (χ2n) is 7.92. The van der Waals surface area contributed by atoms with Crippen molar-refractivity contribution in [1.29, 1.82) is 0 Å². The minimum Gasteiger partial charge on any atom is -0.375 e. The molecule has 0 unspecified atom stereocenters. The van der Waals surface area contributed by atoms with Gasteiger partial charge in [0.15, 0.2) is 5.82 Å². The quantitative estimate of drug-likeness (QED) is 0.862. The number of carbonyl (C=O) groups is 2. The lowest BCUT2D eigenvalue weighted by Gasteiger charge is -2.36. The van der Waals surface area contributed by atoms with Crippen LogP contribution in [0.5, 0.6) is 0 Å². The number of fused-ring (bicyclic) bond motifs is 1. The fourth-order valence-electron chi connectivity index (χ4n) is 3.97. The van der Waals surface area contributed by atoms with E-state index < -0.39 is 11.7 Å². The summed E-state index contributed by atoms with van der Waals surface area (Å²) in [5, 5.41) is 10.2. The molecule has 0 bridgehead atoms. The highest BCUT2D eigenvalue weighted by Gasteiger charge is 2.39. The van der Waals surface area contributed by atoms with Gasteiger partial charge in [-0.2, -0.15) is 5.10 Å². The number of benzene rings is 1. The Morgan fingerprint density at radius 3 is 3.04 bits per heavy atom. The molecule has 1 aromatic heterocycles. The van der Waals surface area contributed by atoms with Gasteiger partial charge in [-0.3, -0.25) is 19.6 Å². The second kappa shape index (κ2) is 6.60. The van der Waals surface area contributed by atoms with Crippen LogP contribution in [0.25, 0.3) is 10.9 Å². The number of amides is 2. The van der Waals surface area contributed by atoms with Crippen molar-refractivity contribution in [2.75, 3.05) is 18.1 Å². The van der Waals surface area contributed by atoms with Gasteiger partial charge in [0.05, 0.1) is 22.4 Å². The topological polar surface area (TPSA) is 87.3 Å². The summed E-state index contributed by atoms with van der Waals surface area (Å²) in [5.74, 6) is -1.04. The number of nitrogens with zero attached hydrogens (tertiary/aromatic N) is 2. The molecule has 4 rings (SSSR count). The van der Waals surface area contributed by atoms with E-state index in [4.69, 9.17) is 4.74 Å². The molecule has 2 saturated heterocycles. The van der Waals surface area contributed by atoms with E-state index >= 15 is 0 Å². The molecule has 2 fully saturated rings. The zero-order chi connectivity index (χ0) is 19.2. The first-order valence-electron chi connectivity index (χ1n) is 9.21. The predicted octanol–water partition coefficient (Wildman–Crippen LogP) is 2.13. The van der Waals surface area contributed by atoms with Gasteiger partial charge in [0.1, 0.15) is 5.82 Å². The van der Waals surface area contributed by atoms with Crippen LogP contribution in [0.2, 0.25) is 0 Å². The summed E-state index contributed by atoms with van der Waals surface area (Å²) in [5.41, 5.74) is 0.259. The van der Waals surface area contributed by atoms with E-state index in [1.807, 2.05) is 13.8 Å². The number of hydrogen-bond donors (Lipinski definition) is 2. The molecule has 2 atom stereocenters. The third-order valence-electron chi connectivity index (χ3n) is 5.31. The molecule has 2 aliphatic rings. The molecule has 7 nitrogen and oxygen atoms in total. The first kappa shape index (κ1) is 17.9. The van der Waals surface area contributed by atoms with E-state index in [-0.39, 0.29) is 47.6 Å². The Morgan fingerprint density at radius 2 is 2.26 bits per heavy atom. The van der Waals surface area contributed by atoms with Crippen LogP contribution in [-0.2, 0) is 14.3 Å². The van der Waals surface area contributed by atoms with Gasteiger partial charge in [-0.05, 0) is 38.8 Å². The Labute approximate surface area is 156 Å². The van der Waals surface area contributed by atoms with Gasteiger partial charge in [-0.1, -0.05) is 6.07 Å². The standard InChI is InChI=1S/C19H23FN4O3/c1-19(2)9-12(6-7-27-19)21-18(26)11-8-15(25)24(10-11)17-16-13(20)4-3-5-14(16)22-23-17/h3-5,11-12H,6-10H2,1-2H3,(H,21,26)(H,22,23)/t11-,12+/m1/s1. The van der Waals surface area contributed by atoms with Gasteiger partial charge in [0.2, 0.25) is 11.8 Å². The van der Waals surface area contributed by atoms with Crippen molar-refractivity contribution in [2.45, 2.75) is 44.8 Å². The van der Waals surface area contributed by atoms with E-state index in [0.717, 1.165) is 12.8 Å². The van der Waals surface area contributed by atoms with Crippen molar-refractivity contribution >= 4 is 28.5 Å². The number of halogens is 1. The first-order chi connectivity index (χ1) is 12.8. The summed E-state index contributed by atoms with van der Waals surface area (Å²) in [6.45, 7) is 4.81. The number of ether oxygens (including phenoxy) is 1. The van der Waals surface area contributed by atoms with Gasteiger partial charge in [0.25, 0.3) is 0 Å². The summed E-state index contributed by atoms with van der Waals surface area (Å²) in [6, 6.07) is 4.65. The third-order valence-corrected chi connectivity index (χ3v) is 5.31. The monoisotopic (exact) mass is 374 g/mol. The summed E-state index contributed by atoms with van der Waals surface area (Å²) >= 11 is 0. The van der Waals surface area contributed by atoms with Crippen LogP contribution in [0.3, 0.4) is 0 Å². The van der Waals surface area contributed by atoms with Crippen LogP contribution in [0.1, 0.15) is 33.1 Å². The number of H-pyrrole nitrogens is 1. The van der Waals surface area contributed by atoms with Crippen LogP contribution in [0.4, 0.5) is 10.2 Å². The highest BCUT2D eigenvalue weighted by atomic mass is 19.1. The average molecular weight is 374 g/mol. The molecule has 2 N–H and O–H groups in total. The Balaban J connectivity index is 1.48. The van der Waals surface area contributed by atoms with Crippen molar-refractivity contribution in [3.8, 4) is 0 Å². The number of anilines is 1. The van der Waals surface area contributed by atoms with E-state index in [2.05, 4.69) is 15.5 Å². The number of aromatic nitrogens is 2. The Kier molecular flexibility index (Phi) is 4.38. The molecular formula is C19H23FN4O3. The molecule has 2 aromatic rings. The largest absolute Gasteiger partial charge is 0.375 e. The molecular weight excluding hydrogens is 351 g/mol. The van der Waals surface area contributed by atoms with Gasteiger partial charge in [-0.15, -0.1) is 0 Å². The lowest BCUT2D eigenvalue weighted by atomic mass is 9.93. The molecule has 0 aliphatic carbocycles. The maximum atomic E-state index is 14.2. The van der Waals surface area contributed by atoms with Gasteiger partial charge in [-0.25, -0.2) is 4.39 Å². The minimum atomic E-state index is -0.470. The minimum absolute atomic E-state index is 0.0362. The summed E-state index contributed by atoms with van der Waals surface area (Å²) < 4.78 is 19.9. The molecule has 2 aliphatic heterocycles. The smallest absolute Gasteiger partial charge is 0.229 e. The molecule has 0 radical (unpaired) electrons. The van der Waals surface area contributed by atoms with E-state index in [9.17, 15) is 14.0 Å². The first-order valence-corrected chi connectivity index (χ1v) is 9.21. The Bertz CT molecular complexity index is 894. The summed E-state index contributed by atoms with van der Waals surface area (Å²) in [4.78, 5) is 26.6. The Morgan fingerprint density at radius 1 is 1.44 bits per heavy atom. The number of carbonyl (C=O) groups excluding carboxylic acids is 2. The number of nitrogens with one attached hydrogen (secondary N) is 2. The molecule has 27 heavy (non-hydrogen) atoms. The molecule has 144 valence electrons.